The van der Waals surface area contributed by atoms with Gasteiger partial charge in [0, 0.05) is 17.6 Å². The van der Waals surface area contributed by atoms with Gasteiger partial charge in [-0.2, -0.15) is 8.75 Å². The molecule has 1 N–H and O–H groups in total. The quantitative estimate of drug-likeness (QED) is 0.168. The molecule has 1 aliphatic rings. The van der Waals surface area contributed by atoms with Gasteiger partial charge in [0.15, 0.2) is 11.5 Å². The summed E-state index contributed by atoms with van der Waals surface area (Å²) < 4.78 is 37.0. The number of aromatic nitrogens is 2. The lowest BCUT2D eigenvalue weighted by atomic mass is 9.88. The summed E-state index contributed by atoms with van der Waals surface area (Å²) in [6.07, 6.45) is 3.20. The van der Waals surface area contributed by atoms with Crippen LogP contribution in [-0.4, -0.2) is 47.8 Å². The molecule has 0 radical (unpaired) electrons. The molecule has 1 aromatic heterocycles. The molecule has 0 bridgehead atoms. The summed E-state index contributed by atoms with van der Waals surface area (Å²) in [6, 6.07) is 15.8. The van der Waals surface area contributed by atoms with Crippen LogP contribution < -0.4 is 18.9 Å². The summed E-state index contributed by atoms with van der Waals surface area (Å²) in [5.74, 6) is -0.565. The van der Waals surface area contributed by atoms with Crippen molar-refractivity contribution in [3.8, 4) is 23.0 Å². The molecular formula is C31H32N2O7S. The van der Waals surface area contributed by atoms with Gasteiger partial charge in [0.1, 0.15) is 16.8 Å². The number of methoxy groups -OCH3 is 3. The number of esters is 1. The molecule has 0 amide bonds. The zero-order valence-corrected chi connectivity index (χ0v) is 24.2. The van der Waals surface area contributed by atoms with Crippen LogP contribution in [0, 0.1) is 0 Å². The molecule has 3 aromatic carbocycles. The SMILES string of the molecule is CCCCCOc1c(OC)cc(CC2=C(c3ccc4nsnc4c3)C(=O)OC2(O)c2ccc(OC)cc2)cc1OC. The number of hydrogen-bond donors (Lipinski definition) is 1. The van der Waals surface area contributed by atoms with Gasteiger partial charge in [-0.05, 0) is 66.1 Å². The topological polar surface area (TPSA) is 109 Å². The molecule has 0 aliphatic carbocycles. The van der Waals surface area contributed by atoms with Crippen molar-refractivity contribution < 1.29 is 33.6 Å². The van der Waals surface area contributed by atoms with Gasteiger partial charge in [0.2, 0.25) is 5.75 Å². The van der Waals surface area contributed by atoms with Gasteiger partial charge in [0.05, 0.1) is 45.2 Å². The van der Waals surface area contributed by atoms with E-state index in [0.717, 1.165) is 42.1 Å². The molecule has 0 fully saturated rings. The molecule has 1 atom stereocenters. The fourth-order valence-electron chi connectivity index (χ4n) is 4.94. The Morgan fingerprint density at radius 1 is 0.902 bits per heavy atom. The highest BCUT2D eigenvalue weighted by molar-refractivity contribution is 7.00. The number of nitrogens with zero attached hydrogens (tertiary/aromatic N) is 2. The molecule has 214 valence electrons. The number of ether oxygens (including phenoxy) is 5. The molecule has 0 saturated heterocycles. The Balaban J connectivity index is 1.62. The summed E-state index contributed by atoms with van der Waals surface area (Å²) in [7, 11) is 4.69. The van der Waals surface area contributed by atoms with E-state index in [9.17, 15) is 9.90 Å². The second-order valence-corrected chi connectivity index (χ2v) is 10.2. The number of carbonyl (C=O) groups is 1. The predicted molar refractivity (Wildman–Crippen MR) is 156 cm³/mol. The summed E-state index contributed by atoms with van der Waals surface area (Å²) >= 11 is 1.09. The second-order valence-electron chi connectivity index (χ2n) is 9.65. The minimum absolute atomic E-state index is 0.153. The normalized spacial score (nSPS) is 16.7. The first-order chi connectivity index (χ1) is 19.9. The van der Waals surface area contributed by atoms with Crippen LogP contribution in [0.4, 0.5) is 0 Å². The highest BCUT2D eigenvalue weighted by Gasteiger charge is 2.48. The Kier molecular flexibility index (Phi) is 8.41. The van der Waals surface area contributed by atoms with Crippen LogP contribution in [-0.2, 0) is 21.7 Å². The van der Waals surface area contributed by atoms with Crippen LogP contribution in [0.3, 0.4) is 0 Å². The molecule has 2 heterocycles. The molecule has 41 heavy (non-hydrogen) atoms. The van der Waals surface area contributed by atoms with E-state index >= 15 is 0 Å². The van der Waals surface area contributed by atoms with Crippen LogP contribution in [0.2, 0.25) is 0 Å². The maximum absolute atomic E-state index is 13.5. The van der Waals surface area contributed by atoms with Crippen molar-refractivity contribution >= 4 is 34.3 Å². The Hall–Kier alpha value is -4.15. The smallest absolute Gasteiger partial charge is 0.342 e. The van der Waals surface area contributed by atoms with E-state index in [4.69, 9.17) is 23.7 Å². The first kappa shape index (κ1) is 28.4. The molecule has 10 heteroatoms. The molecule has 1 unspecified atom stereocenters. The van der Waals surface area contributed by atoms with Crippen molar-refractivity contribution in [2.45, 2.75) is 38.4 Å². The number of benzene rings is 3. The van der Waals surface area contributed by atoms with Gasteiger partial charge in [-0.1, -0.05) is 25.8 Å². The van der Waals surface area contributed by atoms with Crippen molar-refractivity contribution in [1.82, 2.24) is 8.75 Å². The molecule has 0 saturated carbocycles. The van der Waals surface area contributed by atoms with E-state index in [-0.39, 0.29) is 12.0 Å². The first-order valence-electron chi connectivity index (χ1n) is 13.4. The summed E-state index contributed by atoms with van der Waals surface area (Å²) in [5, 5.41) is 12.0. The predicted octanol–water partition coefficient (Wildman–Crippen LogP) is 5.68. The van der Waals surface area contributed by atoms with Gasteiger partial charge < -0.3 is 28.8 Å². The lowest BCUT2D eigenvalue weighted by Crippen LogP contribution is -2.29. The van der Waals surface area contributed by atoms with Crippen LogP contribution in [0.5, 0.6) is 23.0 Å². The fourth-order valence-corrected chi connectivity index (χ4v) is 5.45. The van der Waals surface area contributed by atoms with Gasteiger partial charge in [-0.15, -0.1) is 0 Å². The number of cyclic esters (lactones) is 1. The third-order valence-electron chi connectivity index (χ3n) is 7.07. The van der Waals surface area contributed by atoms with Gasteiger partial charge >= 0.3 is 5.97 Å². The maximum Gasteiger partial charge on any atom is 0.342 e. The van der Waals surface area contributed by atoms with E-state index in [0.29, 0.717) is 51.8 Å². The Labute approximate surface area is 242 Å². The van der Waals surface area contributed by atoms with E-state index in [2.05, 4.69) is 15.7 Å². The van der Waals surface area contributed by atoms with Crippen molar-refractivity contribution in [3.63, 3.8) is 0 Å². The zero-order chi connectivity index (χ0) is 29.0. The maximum atomic E-state index is 13.5. The third kappa shape index (κ3) is 5.57. The molecule has 4 aromatic rings. The number of carbonyl (C=O) groups excluding carboxylic acids is 1. The van der Waals surface area contributed by atoms with Gasteiger partial charge in [-0.25, -0.2) is 4.79 Å². The third-order valence-corrected chi connectivity index (χ3v) is 7.63. The first-order valence-corrected chi connectivity index (χ1v) is 14.1. The van der Waals surface area contributed by atoms with Crippen LogP contribution in [0.1, 0.15) is 42.9 Å². The van der Waals surface area contributed by atoms with Crippen molar-refractivity contribution in [2.24, 2.45) is 0 Å². The van der Waals surface area contributed by atoms with Gasteiger partial charge in [-0.3, -0.25) is 0 Å². The standard InChI is InChI=1S/C31H32N2O7S/c1-5-6-7-14-39-29-26(37-3)16-19(17-27(29)38-4)15-23-28(20-8-13-24-25(18-20)33-41-32-24)30(34)40-31(23,35)21-9-11-22(36-2)12-10-21/h8-13,16-18,35H,5-7,14-15H2,1-4H3. The highest BCUT2D eigenvalue weighted by Crippen LogP contribution is 2.47. The average Bonchev–Trinajstić information content (AvgIpc) is 3.56. The molecular weight excluding hydrogens is 544 g/mol. The monoisotopic (exact) mass is 576 g/mol. The number of rotatable bonds is 12. The molecule has 0 spiro atoms. The lowest BCUT2D eigenvalue weighted by Gasteiger charge is -2.26. The average molecular weight is 577 g/mol. The van der Waals surface area contributed by atoms with E-state index < -0.39 is 11.8 Å². The zero-order valence-electron chi connectivity index (χ0n) is 23.4. The molecule has 5 rings (SSSR count). The molecule has 1 aliphatic heterocycles. The van der Waals surface area contributed by atoms with Gasteiger partial charge in [0.25, 0.3) is 5.79 Å². The second kappa shape index (κ2) is 12.2. The highest BCUT2D eigenvalue weighted by atomic mass is 32.1. The summed E-state index contributed by atoms with van der Waals surface area (Å²) in [4.78, 5) is 13.5. The lowest BCUT2D eigenvalue weighted by molar-refractivity contribution is -0.185. The van der Waals surface area contributed by atoms with E-state index in [1.165, 1.54) is 0 Å². The van der Waals surface area contributed by atoms with Crippen LogP contribution >= 0.6 is 11.7 Å². The van der Waals surface area contributed by atoms with Crippen LogP contribution in [0.25, 0.3) is 16.6 Å². The van der Waals surface area contributed by atoms with E-state index in [1.54, 1.807) is 63.8 Å². The van der Waals surface area contributed by atoms with Crippen molar-refractivity contribution in [3.05, 3.63) is 76.9 Å². The summed E-state index contributed by atoms with van der Waals surface area (Å²) in [5.41, 5.74) is 3.70. The molecule has 9 nitrogen and oxygen atoms in total. The number of unbranched alkanes of at least 4 members (excludes halogenated alkanes) is 2. The summed E-state index contributed by atoms with van der Waals surface area (Å²) in [6.45, 7) is 2.66. The Morgan fingerprint density at radius 3 is 2.27 bits per heavy atom. The minimum Gasteiger partial charge on any atom is -0.497 e. The number of aliphatic hydroxyl groups is 1. The van der Waals surface area contributed by atoms with E-state index in [1.807, 2.05) is 12.1 Å². The van der Waals surface area contributed by atoms with Crippen molar-refractivity contribution in [1.29, 1.82) is 0 Å². The largest absolute Gasteiger partial charge is 0.497 e. The minimum atomic E-state index is -2.02. The van der Waals surface area contributed by atoms with Crippen molar-refractivity contribution in [2.75, 3.05) is 27.9 Å². The Morgan fingerprint density at radius 2 is 1.61 bits per heavy atom. The number of fused-ring (bicyclic) bond motifs is 1. The van der Waals surface area contributed by atoms with Crippen LogP contribution in [0.15, 0.2) is 60.2 Å². The number of hydrogen-bond acceptors (Lipinski definition) is 10. The fraction of sp³-hybridized carbons (Fsp3) is 0.323. The Bertz CT molecular complexity index is 1560.